The predicted molar refractivity (Wildman–Crippen MR) is 142 cm³/mol. The van der Waals surface area contributed by atoms with Gasteiger partial charge in [0, 0.05) is 12.3 Å². The lowest BCUT2D eigenvalue weighted by Crippen LogP contribution is -2.65. The summed E-state index contributed by atoms with van der Waals surface area (Å²) in [6.45, 7) is 18.5. The summed E-state index contributed by atoms with van der Waals surface area (Å²) in [6.07, 6.45) is 12.1. The summed E-state index contributed by atoms with van der Waals surface area (Å²) in [5, 5.41) is 10.4. The van der Waals surface area contributed by atoms with Crippen molar-refractivity contribution in [2.75, 3.05) is 0 Å². The van der Waals surface area contributed by atoms with Crippen LogP contribution in [0.5, 0.6) is 0 Å². The zero-order valence-electron chi connectivity index (χ0n) is 24.1. The molecule has 9 atom stereocenters. The molecule has 0 aliphatic heterocycles. The standard InChI is InChI=1S/C32H50O4/c1-19(33)36-26-13-15-30(6)24(29(26,4)5)12-16-31(7)25(30)10-9-23-21-17-28(2,3)14-11-20(21)22(27(34)35)18-32(23,31)8/h9,20-22,24-26H,10-18H2,1-8H3,(H,34,35)/t20-,21-,22-,24+,25+,26-,30-,31+,32+/m0/s1. The van der Waals surface area contributed by atoms with Gasteiger partial charge in [0.25, 0.3) is 0 Å². The van der Waals surface area contributed by atoms with E-state index in [1.54, 1.807) is 5.57 Å². The van der Waals surface area contributed by atoms with Gasteiger partial charge in [-0.1, -0.05) is 60.1 Å². The van der Waals surface area contributed by atoms with Crippen molar-refractivity contribution < 1.29 is 19.4 Å². The number of aliphatic carboxylic acids is 1. The first-order chi connectivity index (χ1) is 16.6. The molecule has 4 nitrogen and oxygen atoms in total. The maximum absolute atomic E-state index is 12.7. The van der Waals surface area contributed by atoms with Gasteiger partial charge in [-0.05, 0) is 103 Å². The molecule has 0 spiro atoms. The highest BCUT2D eigenvalue weighted by molar-refractivity contribution is 5.71. The molecule has 0 radical (unpaired) electrons. The first-order valence-electron chi connectivity index (χ1n) is 14.7. The number of hydrogen-bond acceptors (Lipinski definition) is 3. The molecule has 4 saturated carbocycles. The fraction of sp³-hybridized carbons (Fsp3) is 0.875. The molecule has 5 aliphatic rings. The average molecular weight is 499 g/mol. The van der Waals surface area contributed by atoms with Gasteiger partial charge in [-0.2, -0.15) is 0 Å². The Balaban J connectivity index is 1.56. The molecule has 0 aromatic rings. The highest BCUT2D eigenvalue weighted by atomic mass is 16.5. The largest absolute Gasteiger partial charge is 0.481 e. The van der Waals surface area contributed by atoms with E-state index in [1.165, 1.54) is 6.92 Å². The molecule has 5 aliphatic carbocycles. The van der Waals surface area contributed by atoms with Gasteiger partial charge in [-0.25, -0.2) is 0 Å². The van der Waals surface area contributed by atoms with Crippen LogP contribution < -0.4 is 0 Å². The van der Waals surface area contributed by atoms with Crippen molar-refractivity contribution in [2.24, 2.45) is 56.7 Å². The molecule has 36 heavy (non-hydrogen) atoms. The lowest BCUT2D eigenvalue weighted by atomic mass is 9.34. The molecule has 1 N–H and O–H groups in total. The average Bonchev–Trinajstić information content (AvgIpc) is 2.75. The molecule has 0 aromatic carbocycles. The van der Waals surface area contributed by atoms with E-state index in [1.807, 2.05) is 0 Å². The third-order valence-electron chi connectivity index (χ3n) is 13.1. The van der Waals surface area contributed by atoms with E-state index in [-0.39, 0.29) is 45.1 Å². The van der Waals surface area contributed by atoms with Gasteiger partial charge in [0.2, 0.25) is 0 Å². The van der Waals surface area contributed by atoms with Crippen molar-refractivity contribution in [2.45, 2.75) is 119 Å². The topological polar surface area (TPSA) is 63.6 Å². The molecule has 0 aromatic heterocycles. The van der Waals surface area contributed by atoms with Crippen molar-refractivity contribution in [3.05, 3.63) is 11.6 Å². The monoisotopic (exact) mass is 498 g/mol. The Morgan fingerprint density at radius 2 is 1.61 bits per heavy atom. The predicted octanol–water partition coefficient (Wildman–Crippen LogP) is 7.66. The Kier molecular flexibility index (Phi) is 5.91. The molecule has 5 rings (SSSR count). The first kappa shape index (κ1) is 26.3. The van der Waals surface area contributed by atoms with Crippen LogP contribution in [0.25, 0.3) is 0 Å². The minimum Gasteiger partial charge on any atom is -0.481 e. The van der Waals surface area contributed by atoms with Gasteiger partial charge < -0.3 is 9.84 Å². The Bertz CT molecular complexity index is 977. The van der Waals surface area contributed by atoms with E-state index in [4.69, 9.17) is 4.74 Å². The van der Waals surface area contributed by atoms with Crippen molar-refractivity contribution in [3.63, 3.8) is 0 Å². The van der Waals surface area contributed by atoms with E-state index in [0.29, 0.717) is 23.7 Å². The number of rotatable bonds is 2. The van der Waals surface area contributed by atoms with Gasteiger partial charge in [0.1, 0.15) is 6.10 Å². The maximum atomic E-state index is 12.7. The van der Waals surface area contributed by atoms with E-state index >= 15 is 0 Å². The summed E-state index contributed by atoms with van der Waals surface area (Å²) in [5.74, 6) is 0.761. The molecule has 0 bridgehead atoms. The smallest absolute Gasteiger partial charge is 0.306 e. The third-order valence-corrected chi connectivity index (χ3v) is 13.1. The molecule has 4 fully saturated rings. The lowest BCUT2D eigenvalue weighted by molar-refractivity contribution is -0.213. The Hall–Kier alpha value is -1.32. The number of fused-ring (bicyclic) bond motifs is 7. The van der Waals surface area contributed by atoms with E-state index < -0.39 is 5.97 Å². The summed E-state index contributed by atoms with van der Waals surface area (Å²) >= 11 is 0. The van der Waals surface area contributed by atoms with Crippen LogP contribution in [0.15, 0.2) is 11.6 Å². The second kappa shape index (κ2) is 8.09. The number of carboxylic acids is 1. The molecule has 0 amide bonds. The lowest BCUT2D eigenvalue weighted by Gasteiger charge is -2.71. The van der Waals surface area contributed by atoms with Crippen molar-refractivity contribution in [3.8, 4) is 0 Å². The van der Waals surface area contributed by atoms with Gasteiger partial charge in [-0.3, -0.25) is 9.59 Å². The number of esters is 1. The van der Waals surface area contributed by atoms with Gasteiger partial charge in [-0.15, -0.1) is 0 Å². The van der Waals surface area contributed by atoms with Crippen molar-refractivity contribution >= 4 is 11.9 Å². The summed E-state index contributed by atoms with van der Waals surface area (Å²) in [6, 6.07) is 0. The molecule has 4 heteroatoms. The Labute approximate surface area is 219 Å². The second-order valence-electron chi connectivity index (χ2n) is 15.6. The van der Waals surface area contributed by atoms with Crippen LogP contribution in [-0.2, 0) is 14.3 Å². The van der Waals surface area contributed by atoms with Crippen LogP contribution in [0.1, 0.15) is 113 Å². The molecule has 0 unspecified atom stereocenters. The summed E-state index contributed by atoms with van der Waals surface area (Å²) in [7, 11) is 0. The van der Waals surface area contributed by atoms with Crippen LogP contribution in [0.3, 0.4) is 0 Å². The van der Waals surface area contributed by atoms with Crippen LogP contribution >= 0.6 is 0 Å². The second-order valence-corrected chi connectivity index (χ2v) is 15.6. The van der Waals surface area contributed by atoms with Crippen LogP contribution in [0.2, 0.25) is 0 Å². The van der Waals surface area contributed by atoms with Gasteiger partial charge >= 0.3 is 11.9 Å². The molecule has 0 saturated heterocycles. The van der Waals surface area contributed by atoms with Crippen molar-refractivity contribution in [1.29, 1.82) is 0 Å². The zero-order valence-corrected chi connectivity index (χ0v) is 24.1. The number of carbonyl (C=O) groups is 2. The summed E-state index contributed by atoms with van der Waals surface area (Å²) in [4.78, 5) is 24.6. The Morgan fingerprint density at radius 1 is 0.917 bits per heavy atom. The molecule has 202 valence electrons. The van der Waals surface area contributed by atoms with E-state index in [2.05, 4.69) is 54.5 Å². The SMILES string of the molecule is CC(=O)O[C@H]1CC[C@@]2(C)[C@H](CC[C@]3(C)[C@@H]2CC=C2[C@H]4CC(C)(C)CC[C@@H]4[C@@H](C(=O)O)C[C@]23C)C1(C)C. The molecular formula is C32H50O4. The highest BCUT2D eigenvalue weighted by Gasteiger charge is 2.68. The highest BCUT2D eigenvalue weighted by Crippen LogP contribution is 2.75. The summed E-state index contributed by atoms with van der Waals surface area (Å²) < 4.78 is 5.87. The molecular weight excluding hydrogens is 448 g/mol. The number of hydrogen-bond donors (Lipinski definition) is 1. The Morgan fingerprint density at radius 3 is 2.25 bits per heavy atom. The minimum atomic E-state index is -0.571. The van der Waals surface area contributed by atoms with Gasteiger partial charge in [0.15, 0.2) is 0 Å². The summed E-state index contributed by atoms with van der Waals surface area (Å²) in [5.41, 5.74) is 2.03. The van der Waals surface area contributed by atoms with Crippen molar-refractivity contribution in [1.82, 2.24) is 0 Å². The number of allylic oxidation sites excluding steroid dienone is 2. The van der Waals surface area contributed by atoms with Crippen LogP contribution in [-0.4, -0.2) is 23.1 Å². The van der Waals surface area contributed by atoms with Crippen LogP contribution in [0.4, 0.5) is 0 Å². The molecule has 0 heterocycles. The number of carbonyl (C=O) groups excluding carboxylic acids is 1. The fourth-order valence-electron chi connectivity index (χ4n) is 11.1. The van der Waals surface area contributed by atoms with E-state index in [0.717, 1.165) is 57.8 Å². The maximum Gasteiger partial charge on any atom is 0.306 e. The minimum absolute atomic E-state index is 0.0148. The van der Waals surface area contributed by atoms with E-state index in [9.17, 15) is 14.7 Å². The normalized spacial score (nSPS) is 48.8. The zero-order chi connectivity index (χ0) is 26.5. The first-order valence-corrected chi connectivity index (χ1v) is 14.7. The fourth-order valence-corrected chi connectivity index (χ4v) is 11.1. The van der Waals surface area contributed by atoms with Gasteiger partial charge in [0.05, 0.1) is 5.92 Å². The number of carboxylic acid groups (broad SMARTS) is 1. The third kappa shape index (κ3) is 3.51. The van der Waals surface area contributed by atoms with Crippen LogP contribution in [0, 0.1) is 56.7 Å². The quantitative estimate of drug-likeness (QED) is 0.313. The number of ether oxygens (including phenoxy) is 1.